The van der Waals surface area contributed by atoms with Crippen molar-refractivity contribution in [1.29, 1.82) is 0 Å². The van der Waals surface area contributed by atoms with Crippen molar-refractivity contribution >= 4 is 29.1 Å². The average Bonchev–Trinajstić information content (AvgIpc) is 2.56. The standard InChI is InChI=1S/C13H12Cl2N2O/c1-7-8(2)16-17(9(7)3)13(18)11-5-4-10(14)6-12(11)15/h4-6H,1-3H3. The largest absolute Gasteiger partial charge is 0.279 e. The molecule has 0 aliphatic rings. The predicted octanol–water partition coefficient (Wildman–Crippen LogP) is 3.80. The van der Waals surface area contributed by atoms with Crippen LogP contribution < -0.4 is 0 Å². The van der Waals surface area contributed by atoms with Gasteiger partial charge in [-0.15, -0.1) is 0 Å². The van der Waals surface area contributed by atoms with Gasteiger partial charge in [-0.25, -0.2) is 4.68 Å². The molecule has 94 valence electrons. The summed E-state index contributed by atoms with van der Waals surface area (Å²) in [6.45, 7) is 5.66. The molecule has 0 bridgehead atoms. The van der Waals surface area contributed by atoms with Crippen LogP contribution in [0.4, 0.5) is 0 Å². The van der Waals surface area contributed by atoms with Crippen molar-refractivity contribution < 1.29 is 4.79 Å². The van der Waals surface area contributed by atoms with Gasteiger partial charge >= 0.3 is 0 Å². The normalized spacial score (nSPS) is 10.7. The maximum Gasteiger partial charge on any atom is 0.279 e. The minimum absolute atomic E-state index is 0.245. The molecule has 1 aromatic heterocycles. The van der Waals surface area contributed by atoms with E-state index in [2.05, 4.69) is 5.10 Å². The van der Waals surface area contributed by atoms with Gasteiger partial charge in [-0.2, -0.15) is 5.10 Å². The Labute approximate surface area is 115 Å². The fourth-order valence-electron chi connectivity index (χ4n) is 1.70. The number of benzene rings is 1. The van der Waals surface area contributed by atoms with Gasteiger partial charge < -0.3 is 0 Å². The lowest BCUT2D eigenvalue weighted by molar-refractivity contribution is 0.0942. The quantitative estimate of drug-likeness (QED) is 0.797. The fourth-order valence-corrected chi connectivity index (χ4v) is 2.18. The second-order valence-corrected chi connectivity index (χ2v) is 4.98. The minimum atomic E-state index is -0.245. The highest BCUT2D eigenvalue weighted by Gasteiger charge is 2.18. The molecule has 0 aliphatic carbocycles. The zero-order valence-electron chi connectivity index (χ0n) is 10.3. The second-order valence-electron chi connectivity index (χ2n) is 4.14. The molecule has 2 rings (SSSR count). The second kappa shape index (κ2) is 4.75. The molecule has 0 saturated heterocycles. The number of nitrogens with zero attached hydrogens (tertiary/aromatic N) is 2. The van der Waals surface area contributed by atoms with Crippen LogP contribution in [0.2, 0.25) is 10.0 Å². The van der Waals surface area contributed by atoms with Crippen LogP contribution in [0, 0.1) is 20.8 Å². The molecule has 0 aliphatic heterocycles. The van der Waals surface area contributed by atoms with Crippen LogP contribution in [-0.4, -0.2) is 15.7 Å². The maximum absolute atomic E-state index is 12.3. The van der Waals surface area contributed by atoms with Gasteiger partial charge in [-0.05, 0) is 44.5 Å². The van der Waals surface area contributed by atoms with E-state index >= 15 is 0 Å². The molecule has 0 amide bonds. The third-order valence-electron chi connectivity index (χ3n) is 3.01. The Bertz CT molecular complexity index is 632. The Morgan fingerprint density at radius 1 is 1.22 bits per heavy atom. The van der Waals surface area contributed by atoms with E-state index in [0.717, 1.165) is 17.0 Å². The number of hydrogen-bond donors (Lipinski definition) is 0. The monoisotopic (exact) mass is 282 g/mol. The lowest BCUT2D eigenvalue weighted by atomic mass is 10.2. The van der Waals surface area contributed by atoms with E-state index in [9.17, 15) is 4.79 Å². The summed E-state index contributed by atoms with van der Waals surface area (Å²) >= 11 is 11.8. The third kappa shape index (κ3) is 2.16. The van der Waals surface area contributed by atoms with Crippen LogP contribution in [0.3, 0.4) is 0 Å². The van der Waals surface area contributed by atoms with Gasteiger partial charge in [-0.3, -0.25) is 4.79 Å². The molecule has 1 aromatic carbocycles. The highest BCUT2D eigenvalue weighted by molar-refractivity contribution is 6.36. The van der Waals surface area contributed by atoms with Crippen molar-refractivity contribution in [2.24, 2.45) is 0 Å². The SMILES string of the molecule is Cc1nn(C(=O)c2ccc(Cl)cc2Cl)c(C)c1C. The number of rotatable bonds is 1. The average molecular weight is 283 g/mol. The molecule has 1 heterocycles. The lowest BCUT2D eigenvalue weighted by Gasteiger charge is -2.05. The van der Waals surface area contributed by atoms with Crippen LogP contribution in [0.15, 0.2) is 18.2 Å². The summed E-state index contributed by atoms with van der Waals surface area (Å²) in [5.41, 5.74) is 3.06. The molecule has 0 atom stereocenters. The molecule has 0 radical (unpaired) electrons. The first kappa shape index (κ1) is 13.1. The summed E-state index contributed by atoms with van der Waals surface area (Å²) in [5.74, 6) is -0.245. The van der Waals surface area contributed by atoms with Crippen molar-refractivity contribution in [3.63, 3.8) is 0 Å². The number of aryl methyl sites for hydroxylation is 1. The molecule has 0 unspecified atom stereocenters. The number of aromatic nitrogens is 2. The first-order valence-electron chi connectivity index (χ1n) is 5.44. The van der Waals surface area contributed by atoms with Gasteiger partial charge in [0.05, 0.1) is 16.3 Å². The van der Waals surface area contributed by atoms with Crippen molar-refractivity contribution in [2.75, 3.05) is 0 Å². The third-order valence-corrected chi connectivity index (χ3v) is 3.55. The topological polar surface area (TPSA) is 34.9 Å². The minimum Gasteiger partial charge on any atom is -0.267 e. The first-order chi connectivity index (χ1) is 8.41. The van der Waals surface area contributed by atoms with Gasteiger partial charge in [0.1, 0.15) is 0 Å². The summed E-state index contributed by atoms with van der Waals surface area (Å²) in [4.78, 5) is 12.3. The summed E-state index contributed by atoms with van der Waals surface area (Å²) in [7, 11) is 0. The van der Waals surface area contributed by atoms with Gasteiger partial charge in [0.2, 0.25) is 0 Å². The number of carbonyl (C=O) groups excluding carboxylic acids is 1. The van der Waals surface area contributed by atoms with Crippen molar-refractivity contribution in [2.45, 2.75) is 20.8 Å². The first-order valence-corrected chi connectivity index (χ1v) is 6.20. The molecule has 0 N–H and O–H groups in total. The van der Waals surface area contributed by atoms with Crippen LogP contribution in [0.25, 0.3) is 0 Å². The van der Waals surface area contributed by atoms with Crippen LogP contribution in [0.5, 0.6) is 0 Å². The molecule has 2 aromatic rings. The summed E-state index contributed by atoms with van der Waals surface area (Å²) < 4.78 is 1.37. The van der Waals surface area contributed by atoms with E-state index in [0.29, 0.717) is 15.6 Å². The Morgan fingerprint density at radius 2 is 1.89 bits per heavy atom. The maximum atomic E-state index is 12.3. The van der Waals surface area contributed by atoms with E-state index in [4.69, 9.17) is 23.2 Å². The van der Waals surface area contributed by atoms with Crippen molar-refractivity contribution in [1.82, 2.24) is 9.78 Å². The summed E-state index contributed by atoms with van der Waals surface area (Å²) in [6.07, 6.45) is 0. The lowest BCUT2D eigenvalue weighted by Crippen LogP contribution is -2.15. The number of carbonyl (C=O) groups is 1. The van der Waals surface area contributed by atoms with E-state index in [-0.39, 0.29) is 5.91 Å². The molecule has 5 heteroatoms. The Kier molecular flexibility index (Phi) is 3.46. The fraction of sp³-hybridized carbons (Fsp3) is 0.231. The van der Waals surface area contributed by atoms with E-state index in [1.54, 1.807) is 18.2 Å². The molecule has 0 fully saturated rings. The number of hydrogen-bond acceptors (Lipinski definition) is 2. The zero-order valence-corrected chi connectivity index (χ0v) is 11.8. The van der Waals surface area contributed by atoms with Crippen molar-refractivity contribution in [3.8, 4) is 0 Å². The number of halogens is 2. The van der Waals surface area contributed by atoms with E-state index in [1.807, 2.05) is 20.8 Å². The Balaban J connectivity index is 2.51. The van der Waals surface area contributed by atoms with Gasteiger partial charge in [-0.1, -0.05) is 23.2 Å². The Morgan fingerprint density at radius 3 is 2.39 bits per heavy atom. The highest BCUT2D eigenvalue weighted by Crippen LogP contribution is 2.23. The van der Waals surface area contributed by atoms with Crippen LogP contribution in [0.1, 0.15) is 27.3 Å². The van der Waals surface area contributed by atoms with Crippen molar-refractivity contribution in [3.05, 3.63) is 50.8 Å². The summed E-state index contributed by atoms with van der Waals surface area (Å²) in [5, 5.41) is 5.06. The predicted molar refractivity (Wildman–Crippen MR) is 72.6 cm³/mol. The summed E-state index contributed by atoms with van der Waals surface area (Å²) in [6, 6.07) is 4.80. The van der Waals surface area contributed by atoms with Gasteiger partial charge in [0.25, 0.3) is 5.91 Å². The molecular formula is C13H12Cl2N2O. The molecule has 0 spiro atoms. The molecule has 0 saturated carbocycles. The van der Waals surface area contributed by atoms with Crippen LogP contribution >= 0.6 is 23.2 Å². The molecule has 18 heavy (non-hydrogen) atoms. The Hall–Kier alpha value is -1.32. The highest BCUT2D eigenvalue weighted by atomic mass is 35.5. The molecular weight excluding hydrogens is 271 g/mol. The van der Waals surface area contributed by atoms with Crippen LogP contribution in [-0.2, 0) is 0 Å². The van der Waals surface area contributed by atoms with E-state index in [1.165, 1.54) is 4.68 Å². The van der Waals surface area contributed by atoms with E-state index < -0.39 is 0 Å². The van der Waals surface area contributed by atoms with Gasteiger partial charge in [0.15, 0.2) is 0 Å². The molecule has 3 nitrogen and oxygen atoms in total. The van der Waals surface area contributed by atoms with Gasteiger partial charge in [0, 0.05) is 10.7 Å². The zero-order chi connectivity index (χ0) is 13.4. The smallest absolute Gasteiger partial charge is 0.267 e.